The Labute approximate surface area is 148 Å². The maximum absolute atomic E-state index is 11.2. The minimum absolute atomic E-state index is 0.0804. The number of hydrogen-bond acceptors (Lipinski definition) is 3. The molecule has 4 N–H and O–H groups in total. The van der Waals surface area contributed by atoms with Gasteiger partial charge in [0.15, 0.2) is 0 Å². The van der Waals surface area contributed by atoms with Gasteiger partial charge in [-0.2, -0.15) is 0 Å². The normalized spacial score (nSPS) is 12.0. The van der Waals surface area contributed by atoms with Crippen molar-refractivity contribution < 1.29 is 19.8 Å². The van der Waals surface area contributed by atoms with Gasteiger partial charge < -0.3 is 15.9 Å². The van der Waals surface area contributed by atoms with Crippen molar-refractivity contribution in [3.05, 3.63) is 57.6 Å². The van der Waals surface area contributed by atoms with E-state index in [1.807, 2.05) is 0 Å². The second-order valence-corrected chi connectivity index (χ2v) is 6.08. The van der Waals surface area contributed by atoms with E-state index in [0.717, 1.165) is 0 Å². The van der Waals surface area contributed by atoms with Crippen molar-refractivity contribution in [2.24, 2.45) is 5.73 Å². The fourth-order valence-corrected chi connectivity index (χ4v) is 2.85. The minimum Gasteiger partial charge on any atom is -0.481 e. The lowest BCUT2D eigenvalue weighted by Gasteiger charge is -2.16. The molecule has 0 spiro atoms. The molecule has 24 heavy (non-hydrogen) atoms. The fourth-order valence-electron chi connectivity index (χ4n) is 2.42. The largest absolute Gasteiger partial charge is 0.481 e. The van der Waals surface area contributed by atoms with E-state index in [1.165, 1.54) is 18.2 Å². The number of carboxylic acid groups (broad SMARTS) is 2. The third-order valence-corrected chi connectivity index (χ3v) is 4.33. The van der Waals surface area contributed by atoms with E-state index in [-0.39, 0.29) is 24.4 Å². The van der Waals surface area contributed by atoms with E-state index >= 15 is 0 Å². The molecule has 0 fully saturated rings. The Morgan fingerprint density at radius 2 is 1.58 bits per heavy atom. The Kier molecular flexibility index (Phi) is 5.83. The zero-order chi connectivity index (χ0) is 17.9. The van der Waals surface area contributed by atoms with Crippen LogP contribution in [0, 0.1) is 0 Å². The van der Waals surface area contributed by atoms with Crippen LogP contribution in [0.4, 0.5) is 0 Å². The van der Waals surface area contributed by atoms with Crippen molar-refractivity contribution in [1.82, 2.24) is 0 Å². The van der Waals surface area contributed by atoms with Gasteiger partial charge in [0.25, 0.3) is 0 Å². The van der Waals surface area contributed by atoms with E-state index in [1.54, 1.807) is 18.2 Å². The first-order valence-electron chi connectivity index (χ1n) is 7.08. The van der Waals surface area contributed by atoms with Crippen molar-refractivity contribution in [2.45, 2.75) is 12.3 Å². The van der Waals surface area contributed by atoms with Crippen LogP contribution in [0.5, 0.6) is 0 Å². The SMILES string of the molecule is NC[C@H](CC(=O)O)c1ccc(Cl)c(-c2cc(C(=O)O)ccc2Cl)c1. The summed E-state index contributed by atoms with van der Waals surface area (Å²) in [6.45, 7) is 0.163. The highest BCUT2D eigenvalue weighted by Gasteiger charge is 2.17. The quantitative estimate of drug-likeness (QED) is 0.719. The Morgan fingerprint density at radius 1 is 1.00 bits per heavy atom. The topological polar surface area (TPSA) is 101 Å². The lowest BCUT2D eigenvalue weighted by atomic mass is 9.92. The zero-order valence-electron chi connectivity index (χ0n) is 12.5. The molecule has 2 aromatic rings. The van der Waals surface area contributed by atoms with Crippen molar-refractivity contribution in [2.75, 3.05) is 6.54 Å². The van der Waals surface area contributed by atoms with Gasteiger partial charge in [0, 0.05) is 27.1 Å². The maximum atomic E-state index is 11.2. The van der Waals surface area contributed by atoms with Crippen molar-refractivity contribution in [3.63, 3.8) is 0 Å². The van der Waals surface area contributed by atoms with E-state index in [4.69, 9.17) is 39.1 Å². The van der Waals surface area contributed by atoms with Gasteiger partial charge in [-0.25, -0.2) is 4.79 Å². The smallest absolute Gasteiger partial charge is 0.335 e. The van der Waals surface area contributed by atoms with Gasteiger partial charge in [-0.15, -0.1) is 0 Å². The molecule has 0 bridgehead atoms. The first-order valence-corrected chi connectivity index (χ1v) is 7.83. The summed E-state index contributed by atoms with van der Waals surface area (Å²) in [6, 6.07) is 9.36. The third kappa shape index (κ3) is 4.06. The van der Waals surface area contributed by atoms with Crippen LogP contribution in [-0.4, -0.2) is 28.7 Å². The number of rotatable bonds is 6. The lowest BCUT2D eigenvalue weighted by Crippen LogP contribution is -2.16. The number of aliphatic carboxylic acids is 1. The number of aromatic carboxylic acids is 1. The summed E-state index contributed by atoms with van der Waals surface area (Å²) >= 11 is 12.4. The second-order valence-electron chi connectivity index (χ2n) is 5.27. The standard InChI is InChI=1S/C17H15Cl2NO4/c18-14-3-1-9(11(8-20)7-16(21)22)5-12(14)13-6-10(17(23)24)2-4-15(13)19/h1-6,11H,7-8,20H2,(H,21,22)(H,23,24)/t11-/m0/s1. The summed E-state index contributed by atoms with van der Waals surface area (Å²) in [5, 5.41) is 18.9. The average molecular weight is 368 g/mol. The van der Waals surface area contributed by atoms with Crippen molar-refractivity contribution in [3.8, 4) is 11.1 Å². The Balaban J connectivity index is 2.55. The summed E-state index contributed by atoms with van der Waals surface area (Å²) in [5.41, 5.74) is 7.46. The molecule has 0 heterocycles. The van der Waals surface area contributed by atoms with Gasteiger partial charge in [0.1, 0.15) is 0 Å². The minimum atomic E-state index is -1.08. The van der Waals surface area contributed by atoms with E-state index in [2.05, 4.69) is 0 Å². The van der Waals surface area contributed by atoms with Crippen LogP contribution in [0.1, 0.15) is 28.3 Å². The molecule has 0 saturated carbocycles. The number of carbonyl (C=O) groups is 2. The number of halogens is 2. The van der Waals surface area contributed by atoms with Gasteiger partial charge in [0.2, 0.25) is 0 Å². The summed E-state index contributed by atoms with van der Waals surface area (Å²) in [6.07, 6.45) is -0.111. The molecular weight excluding hydrogens is 353 g/mol. The highest BCUT2D eigenvalue weighted by molar-refractivity contribution is 6.36. The van der Waals surface area contributed by atoms with E-state index in [0.29, 0.717) is 26.7 Å². The second kappa shape index (κ2) is 7.66. The average Bonchev–Trinajstić information content (AvgIpc) is 2.53. The predicted molar refractivity (Wildman–Crippen MR) is 92.9 cm³/mol. The monoisotopic (exact) mass is 367 g/mol. The van der Waals surface area contributed by atoms with Gasteiger partial charge >= 0.3 is 11.9 Å². The summed E-state index contributed by atoms with van der Waals surface area (Å²) in [4.78, 5) is 22.1. The van der Waals surface area contributed by atoms with Crippen LogP contribution in [0.15, 0.2) is 36.4 Å². The number of benzene rings is 2. The zero-order valence-corrected chi connectivity index (χ0v) is 14.0. The van der Waals surface area contributed by atoms with Gasteiger partial charge in [-0.1, -0.05) is 29.3 Å². The first-order chi connectivity index (χ1) is 11.3. The van der Waals surface area contributed by atoms with Gasteiger partial charge in [-0.3, -0.25) is 4.79 Å². The van der Waals surface area contributed by atoms with Crippen LogP contribution >= 0.6 is 23.2 Å². The predicted octanol–water partition coefficient (Wildman–Crippen LogP) is 3.88. The molecule has 2 rings (SSSR count). The molecule has 7 heteroatoms. The highest BCUT2D eigenvalue weighted by atomic mass is 35.5. The molecular formula is C17H15Cl2NO4. The molecule has 0 saturated heterocycles. The molecule has 2 aromatic carbocycles. The molecule has 126 valence electrons. The number of hydrogen-bond donors (Lipinski definition) is 3. The Morgan fingerprint density at radius 3 is 2.12 bits per heavy atom. The fraction of sp³-hybridized carbons (Fsp3) is 0.176. The van der Waals surface area contributed by atoms with E-state index < -0.39 is 11.9 Å². The van der Waals surface area contributed by atoms with Gasteiger partial charge in [0.05, 0.1) is 12.0 Å². The third-order valence-electron chi connectivity index (χ3n) is 3.67. The molecule has 5 nitrogen and oxygen atoms in total. The molecule has 0 aliphatic carbocycles. The molecule has 0 radical (unpaired) electrons. The molecule has 1 atom stereocenters. The molecule has 0 amide bonds. The van der Waals surface area contributed by atoms with Crippen LogP contribution in [0.25, 0.3) is 11.1 Å². The number of carboxylic acids is 2. The Hall–Kier alpha value is -2.08. The summed E-state index contributed by atoms with van der Waals surface area (Å²) in [5.74, 6) is -2.40. The molecule has 0 unspecified atom stereocenters. The maximum Gasteiger partial charge on any atom is 0.335 e. The molecule has 0 aliphatic heterocycles. The molecule has 0 aliphatic rings. The highest BCUT2D eigenvalue weighted by Crippen LogP contribution is 2.36. The van der Waals surface area contributed by atoms with Crippen LogP contribution in [0.3, 0.4) is 0 Å². The van der Waals surface area contributed by atoms with Crippen molar-refractivity contribution >= 4 is 35.1 Å². The summed E-state index contributed by atoms with van der Waals surface area (Å²) < 4.78 is 0. The van der Waals surface area contributed by atoms with E-state index in [9.17, 15) is 9.59 Å². The van der Waals surface area contributed by atoms with Crippen LogP contribution in [-0.2, 0) is 4.79 Å². The first kappa shape index (κ1) is 18.3. The van der Waals surface area contributed by atoms with Crippen LogP contribution in [0.2, 0.25) is 10.0 Å². The summed E-state index contributed by atoms with van der Waals surface area (Å²) in [7, 11) is 0. The van der Waals surface area contributed by atoms with Gasteiger partial charge in [-0.05, 0) is 42.4 Å². The van der Waals surface area contributed by atoms with Crippen LogP contribution < -0.4 is 5.73 Å². The Bertz CT molecular complexity index is 792. The number of nitrogens with two attached hydrogens (primary N) is 1. The lowest BCUT2D eigenvalue weighted by molar-refractivity contribution is -0.137. The molecule has 0 aromatic heterocycles. The van der Waals surface area contributed by atoms with Crippen molar-refractivity contribution in [1.29, 1.82) is 0 Å².